The molecule has 4 rings (SSSR count). The van der Waals surface area contributed by atoms with E-state index in [0.29, 0.717) is 32.1 Å². The lowest BCUT2D eigenvalue weighted by Crippen LogP contribution is -2.53. The first-order valence-electron chi connectivity index (χ1n) is 9.81. The summed E-state index contributed by atoms with van der Waals surface area (Å²) < 4.78 is 34.6. The largest absolute Gasteiger partial charge is 0.493 e. The van der Waals surface area contributed by atoms with Crippen LogP contribution < -0.4 is 4.74 Å². The molecule has 2 fully saturated rings. The second-order valence-electron chi connectivity index (χ2n) is 7.63. The Morgan fingerprint density at radius 3 is 2.42 bits per heavy atom. The van der Waals surface area contributed by atoms with E-state index in [1.54, 1.807) is 8.61 Å². The molecule has 1 atom stereocenters. The lowest BCUT2D eigenvalue weighted by molar-refractivity contribution is 0.153. The monoisotopic (exact) mass is 379 g/mol. The first-order chi connectivity index (χ1) is 12.6. The fourth-order valence-corrected chi connectivity index (χ4v) is 5.98. The third kappa shape index (κ3) is 3.91. The minimum atomic E-state index is -3.24. The van der Waals surface area contributed by atoms with E-state index < -0.39 is 10.2 Å². The third-order valence-electron chi connectivity index (χ3n) is 5.83. The molecule has 7 heteroatoms. The van der Waals surface area contributed by atoms with Crippen LogP contribution >= 0.6 is 0 Å². The molecule has 1 aromatic carbocycles. The highest BCUT2D eigenvalue weighted by atomic mass is 32.2. The van der Waals surface area contributed by atoms with E-state index >= 15 is 0 Å². The molecular formula is C19H29N3O3S. The van der Waals surface area contributed by atoms with Crippen molar-refractivity contribution >= 4 is 10.2 Å². The second kappa shape index (κ2) is 7.84. The summed E-state index contributed by atoms with van der Waals surface area (Å²) in [6, 6.07) is 8.32. The summed E-state index contributed by atoms with van der Waals surface area (Å²) in [5.41, 5.74) is 1.30. The minimum absolute atomic E-state index is 0.570. The Hall–Kier alpha value is -1.15. The summed E-state index contributed by atoms with van der Waals surface area (Å²) in [7, 11) is -3.24. The van der Waals surface area contributed by atoms with Gasteiger partial charge < -0.3 is 9.64 Å². The van der Waals surface area contributed by atoms with E-state index in [1.807, 2.05) is 6.07 Å². The molecule has 6 nitrogen and oxygen atoms in total. The van der Waals surface area contributed by atoms with Gasteiger partial charge in [-0.05, 0) is 43.2 Å². The summed E-state index contributed by atoms with van der Waals surface area (Å²) in [5, 5.41) is 0. The normalized spacial score (nSPS) is 26.2. The Kier molecular flexibility index (Phi) is 5.50. The van der Waals surface area contributed by atoms with E-state index in [9.17, 15) is 8.42 Å². The van der Waals surface area contributed by atoms with Gasteiger partial charge in [-0.25, -0.2) is 0 Å². The second-order valence-corrected chi connectivity index (χ2v) is 9.56. The van der Waals surface area contributed by atoms with Crippen molar-refractivity contribution in [1.29, 1.82) is 0 Å². The fourth-order valence-electron chi connectivity index (χ4n) is 4.31. The molecule has 2 saturated heterocycles. The number of hydrogen-bond donors (Lipinski definition) is 0. The molecule has 0 aliphatic carbocycles. The van der Waals surface area contributed by atoms with Crippen molar-refractivity contribution in [3.63, 3.8) is 0 Å². The minimum Gasteiger partial charge on any atom is -0.493 e. The average Bonchev–Trinajstić information content (AvgIpc) is 3.12. The van der Waals surface area contributed by atoms with E-state index in [0.717, 1.165) is 57.7 Å². The Morgan fingerprint density at radius 2 is 1.65 bits per heavy atom. The molecule has 0 saturated carbocycles. The molecule has 0 N–H and O–H groups in total. The van der Waals surface area contributed by atoms with Gasteiger partial charge in [0.1, 0.15) is 5.75 Å². The standard InChI is InChI=1S/C19H29N3O3S/c23-26(24,21-8-3-4-9-21)22-12-10-20(11-13-22)16-17-7-14-25-19-6-2-1-5-18(19)15-17/h1-2,5-6,17H,3-4,7-16H2. The molecule has 3 aliphatic heterocycles. The van der Waals surface area contributed by atoms with Crippen LogP contribution in [-0.4, -0.2) is 74.3 Å². The number of ether oxygens (including phenoxy) is 1. The molecule has 0 spiro atoms. The maximum absolute atomic E-state index is 12.7. The molecule has 0 aromatic heterocycles. The van der Waals surface area contributed by atoms with Crippen molar-refractivity contribution in [2.45, 2.75) is 25.7 Å². The third-order valence-corrected chi connectivity index (χ3v) is 7.87. The number of rotatable bonds is 4. The summed E-state index contributed by atoms with van der Waals surface area (Å²) in [5.74, 6) is 1.59. The number of para-hydroxylation sites is 1. The van der Waals surface area contributed by atoms with Crippen molar-refractivity contribution in [2.24, 2.45) is 5.92 Å². The maximum atomic E-state index is 12.7. The molecule has 0 amide bonds. The number of benzene rings is 1. The van der Waals surface area contributed by atoms with Crippen molar-refractivity contribution in [2.75, 3.05) is 52.4 Å². The van der Waals surface area contributed by atoms with Gasteiger partial charge in [-0.3, -0.25) is 0 Å². The zero-order valence-corrected chi connectivity index (χ0v) is 16.2. The molecule has 1 aromatic rings. The van der Waals surface area contributed by atoms with E-state index in [-0.39, 0.29) is 0 Å². The Morgan fingerprint density at radius 1 is 0.962 bits per heavy atom. The molecule has 0 bridgehead atoms. The first kappa shape index (κ1) is 18.2. The zero-order chi connectivity index (χ0) is 18.0. The van der Waals surface area contributed by atoms with Gasteiger partial charge in [-0.2, -0.15) is 17.0 Å². The Bertz CT molecular complexity index is 710. The van der Waals surface area contributed by atoms with Crippen molar-refractivity contribution in [3.8, 4) is 5.75 Å². The van der Waals surface area contributed by atoms with Crippen LogP contribution in [0.2, 0.25) is 0 Å². The van der Waals surface area contributed by atoms with Gasteiger partial charge in [0.25, 0.3) is 10.2 Å². The molecule has 1 unspecified atom stereocenters. The van der Waals surface area contributed by atoms with E-state index in [1.165, 1.54) is 5.56 Å². The number of piperazine rings is 1. The quantitative estimate of drug-likeness (QED) is 0.797. The topological polar surface area (TPSA) is 53.1 Å². The molecular weight excluding hydrogens is 350 g/mol. The zero-order valence-electron chi connectivity index (χ0n) is 15.3. The predicted octanol–water partition coefficient (Wildman–Crippen LogP) is 1.59. The van der Waals surface area contributed by atoms with Crippen LogP contribution in [0.5, 0.6) is 5.75 Å². The van der Waals surface area contributed by atoms with Crippen molar-refractivity contribution < 1.29 is 13.2 Å². The van der Waals surface area contributed by atoms with Gasteiger partial charge in [-0.1, -0.05) is 18.2 Å². The predicted molar refractivity (Wildman–Crippen MR) is 101 cm³/mol. The molecule has 0 radical (unpaired) electrons. The molecule has 3 aliphatic rings. The van der Waals surface area contributed by atoms with Crippen LogP contribution in [-0.2, 0) is 16.6 Å². The number of nitrogens with zero attached hydrogens (tertiary/aromatic N) is 3. The van der Waals surface area contributed by atoms with Gasteiger partial charge in [-0.15, -0.1) is 0 Å². The highest BCUT2D eigenvalue weighted by molar-refractivity contribution is 7.86. The Balaban J connectivity index is 1.31. The van der Waals surface area contributed by atoms with Gasteiger partial charge in [0.2, 0.25) is 0 Å². The van der Waals surface area contributed by atoms with Gasteiger partial charge in [0, 0.05) is 45.8 Å². The molecule has 26 heavy (non-hydrogen) atoms. The summed E-state index contributed by atoms with van der Waals surface area (Å²) in [4.78, 5) is 2.43. The summed E-state index contributed by atoms with van der Waals surface area (Å²) in [6.07, 6.45) is 4.08. The van der Waals surface area contributed by atoms with Crippen LogP contribution in [0.4, 0.5) is 0 Å². The highest BCUT2D eigenvalue weighted by Gasteiger charge is 2.34. The van der Waals surface area contributed by atoms with E-state index in [4.69, 9.17) is 4.74 Å². The van der Waals surface area contributed by atoms with Gasteiger partial charge >= 0.3 is 0 Å². The van der Waals surface area contributed by atoms with Gasteiger partial charge in [0.15, 0.2) is 0 Å². The highest BCUT2D eigenvalue weighted by Crippen LogP contribution is 2.27. The van der Waals surface area contributed by atoms with Crippen molar-refractivity contribution in [1.82, 2.24) is 13.5 Å². The number of hydrogen-bond acceptors (Lipinski definition) is 4. The first-order valence-corrected chi connectivity index (χ1v) is 11.2. The lowest BCUT2D eigenvalue weighted by atomic mass is 9.96. The average molecular weight is 380 g/mol. The summed E-state index contributed by atoms with van der Waals surface area (Å²) >= 11 is 0. The van der Waals surface area contributed by atoms with Crippen LogP contribution in [0.15, 0.2) is 24.3 Å². The number of fused-ring (bicyclic) bond motifs is 1. The Labute approximate surface area is 156 Å². The van der Waals surface area contributed by atoms with Crippen LogP contribution in [0.1, 0.15) is 24.8 Å². The smallest absolute Gasteiger partial charge is 0.282 e. The van der Waals surface area contributed by atoms with Crippen LogP contribution in [0, 0.1) is 5.92 Å². The molecule has 144 valence electrons. The van der Waals surface area contributed by atoms with E-state index in [2.05, 4.69) is 23.1 Å². The SMILES string of the molecule is O=S(=O)(N1CCCC1)N1CCN(CC2CCOc3ccccc3C2)CC1. The lowest BCUT2D eigenvalue weighted by Gasteiger charge is -2.37. The maximum Gasteiger partial charge on any atom is 0.282 e. The molecule has 3 heterocycles. The van der Waals surface area contributed by atoms with Crippen LogP contribution in [0.25, 0.3) is 0 Å². The van der Waals surface area contributed by atoms with Crippen molar-refractivity contribution in [3.05, 3.63) is 29.8 Å². The summed E-state index contributed by atoms with van der Waals surface area (Å²) in [6.45, 7) is 6.03. The van der Waals surface area contributed by atoms with Crippen LogP contribution in [0.3, 0.4) is 0 Å². The fraction of sp³-hybridized carbons (Fsp3) is 0.684. The van der Waals surface area contributed by atoms with Gasteiger partial charge in [0.05, 0.1) is 6.61 Å².